The third-order valence-electron chi connectivity index (χ3n) is 6.72. The van der Waals surface area contributed by atoms with Crippen LogP contribution in [0.15, 0.2) is 12.1 Å². The van der Waals surface area contributed by atoms with Gasteiger partial charge < -0.3 is 5.11 Å². The summed E-state index contributed by atoms with van der Waals surface area (Å²) in [5.41, 5.74) is 4.04. The van der Waals surface area contributed by atoms with Crippen molar-refractivity contribution in [3.8, 4) is 5.75 Å². The highest BCUT2D eigenvalue weighted by molar-refractivity contribution is 5.87. The first kappa shape index (κ1) is 13.4. The number of hydrogen-bond donors (Lipinski definition) is 1. The second-order valence-electron chi connectivity index (χ2n) is 7.67. The van der Waals surface area contributed by atoms with Crippen LogP contribution in [0.3, 0.4) is 0 Å². The Hall–Kier alpha value is -1.31. The van der Waals surface area contributed by atoms with Crippen LogP contribution in [0.4, 0.5) is 0 Å². The predicted octanol–water partition coefficient (Wildman–Crippen LogP) is 4.13. The van der Waals surface area contributed by atoms with E-state index < -0.39 is 0 Å². The zero-order chi connectivity index (χ0) is 14.8. The van der Waals surface area contributed by atoms with Gasteiger partial charge >= 0.3 is 0 Å². The maximum atomic E-state index is 12.3. The molecule has 4 rings (SSSR count). The number of rotatable bonds is 0. The van der Waals surface area contributed by atoms with Crippen molar-refractivity contribution in [3.63, 3.8) is 0 Å². The van der Waals surface area contributed by atoms with E-state index in [1.54, 1.807) is 0 Å². The molecule has 0 bridgehead atoms. The van der Waals surface area contributed by atoms with E-state index in [-0.39, 0.29) is 5.41 Å². The smallest absolute Gasteiger partial charge is 0.139 e. The van der Waals surface area contributed by atoms with E-state index >= 15 is 0 Å². The van der Waals surface area contributed by atoms with Gasteiger partial charge in [-0.3, -0.25) is 4.79 Å². The summed E-state index contributed by atoms with van der Waals surface area (Å²) in [6.45, 7) is 4.36. The second-order valence-corrected chi connectivity index (χ2v) is 7.67. The largest absolute Gasteiger partial charge is 0.508 e. The Labute approximate surface area is 126 Å². The van der Waals surface area contributed by atoms with Gasteiger partial charge in [-0.2, -0.15) is 0 Å². The first-order chi connectivity index (χ1) is 10.0. The summed E-state index contributed by atoms with van der Waals surface area (Å²) >= 11 is 0. The van der Waals surface area contributed by atoms with Gasteiger partial charge in [0.05, 0.1) is 0 Å². The van der Waals surface area contributed by atoms with E-state index in [0.29, 0.717) is 29.3 Å². The van der Waals surface area contributed by atoms with E-state index in [1.807, 2.05) is 12.1 Å². The molecule has 0 heterocycles. The first-order valence-electron chi connectivity index (χ1n) is 8.36. The molecule has 0 amide bonds. The van der Waals surface area contributed by atoms with Crippen LogP contribution in [0.25, 0.3) is 0 Å². The highest BCUT2D eigenvalue weighted by Crippen LogP contribution is 2.60. The van der Waals surface area contributed by atoms with Gasteiger partial charge in [0, 0.05) is 11.8 Å². The molecule has 112 valence electrons. The molecule has 3 aliphatic rings. The monoisotopic (exact) mass is 284 g/mol. The molecule has 4 atom stereocenters. The highest BCUT2D eigenvalue weighted by atomic mass is 16.3. The van der Waals surface area contributed by atoms with Crippen molar-refractivity contribution in [3.05, 3.63) is 28.8 Å². The van der Waals surface area contributed by atoms with Crippen LogP contribution in [0, 0.1) is 24.2 Å². The number of carbonyl (C=O) groups is 1. The molecule has 2 saturated carbocycles. The molecule has 0 saturated heterocycles. The van der Waals surface area contributed by atoms with Gasteiger partial charge in [-0.15, -0.1) is 0 Å². The molecule has 0 aromatic heterocycles. The first-order valence-corrected chi connectivity index (χ1v) is 8.36. The number of aromatic hydroxyl groups is 1. The molecule has 0 aliphatic heterocycles. The Morgan fingerprint density at radius 1 is 1.19 bits per heavy atom. The molecule has 0 spiro atoms. The number of aryl methyl sites for hydroxylation is 2. The lowest BCUT2D eigenvalue weighted by Crippen LogP contribution is -2.42. The summed E-state index contributed by atoms with van der Waals surface area (Å²) in [7, 11) is 0. The van der Waals surface area contributed by atoms with Crippen LogP contribution in [0.2, 0.25) is 0 Å². The summed E-state index contributed by atoms with van der Waals surface area (Å²) in [5, 5.41) is 9.85. The molecule has 1 N–H and O–H groups in total. The minimum Gasteiger partial charge on any atom is -0.508 e. The van der Waals surface area contributed by atoms with E-state index in [4.69, 9.17) is 0 Å². The maximum absolute atomic E-state index is 12.3. The zero-order valence-corrected chi connectivity index (χ0v) is 13.0. The predicted molar refractivity (Wildman–Crippen MR) is 82.5 cm³/mol. The third kappa shape index (κ3) is 1.74. The number of phenols is 1. The summed E-state index contributed by atoms with van der Waals surface area (Å²) in [4.78, 5) is 12.3. The molecule has 1 aromatic rings. The summed E-state index contributed by atoms with van der Waals surface area (Å²) < 4.78 is 0. The number of hydrogen-bond acceptors (Lipinski definition) is 2. The van der Waals surface area contributed by atoms with Gasteiger partial charge in [0.1, 0.15) is 11.5 Å². The van der Waals surface area contributed by atoms with Gasteiger partial charge in [0.15, 0.2) is 0 Å². The van der Waals surface area contributed by atoms with Gasteiger partial charge in [0.2, 0.25) is 0 Å². The second kappa shape index (κ2) is 4.34. The lowest BCUT2D eigenvalue weighted by atomic mass is 9.55. The maximum Gasteiger partial charge on any atom is 0.139 e. The molecule has 4 unspecified atom stereocenters. The van der Waals surface area contributed by atoms with Crippen LogP contribution < -0.4 is 0 Å². The average Bonchev–Trinajstić information content (AvgIpc) is 2.74. The summed E-state index contributed by atoms with van der Waals surface area (Å²) in [5.74, 6) is 2.79. The minimum atomic E-state index is -0.0382. The van der Waals surface area contributed by atoms with Crippen molar-refractivity contribution in [2.45, 2.75) is 58.3 Å². The van der Waals surface area contributed by atoms with E-state index in [1.165, 1.54) is 23.1 Å². The average molecular weight is 284 g/mol. The normalized spacial score (nSPS) is 37.8. The molecular weight excluding hydrogens is 260 g/mol. The van der Waals surface area contributed by atoms with Crippen molar-refractivity contribution < 1.29 is 9.90 Å². The fraction of sp³-hybridized carbons (Fsp3) is 0.632. The minimum absolute atomic E-state index is 0.0382. The van der Waals surface area contributed by atoms with E-state index in [0.717, 1.165) is 32.1 Å². The molecular formula is C19H24O2. The SMILES string of the molecule is Cc1cc(O)cc2c1C1CCC3(C)C(=O)CCC3C1CC2. The molecule has 21 heavy (non-hydrogen) atoms. The Morgan fingerprint density at radius 3 is 2.81 bits per heavy atom. The van der Waals surface area contributed by atoms with Crippen LogP contribution in [0.1, 0.15) is 61.6 Å². The van der Waals surface area contributed by atoms with Gasteiger partial charge in [-0.05, 0) is 85.6 Å². The van der Waals surface area contributed by atoms with Crippen molar-refractivity contribution in [2.24, 2.45) is 17.3 Å². The fourth-order valence-electron chi connectivity index (χ4n) is 5.73. The van der Waals surface area contributed by atoms with Gasteiger partial charge in [0.25, 0.3) is 0 Å². The van der Waals surface area contributed by atoms with Crippen molar-refractivity contribution in [2.75, 3.05) is 0 Å². The summed E-state index contributed by atoms with van der Waals surface area (Å²) in [6, 6.07) is 3.88. The number of fused-ring (bicyclic) bond motifs is 5. The Morgan fingerprint density at radius 2 is 2.00 bits per heavy atom. The molecule has 2 heteroatoms. The zero-order valence-electron chi connectivity index (χ0n) is 13.0. The number of carbonyl (C=O) groups excluding carboxylic acids is 1. The van der Waals surface area contributed by atoms with E-state index in [9.17, 15) is 9.90 Å². The molecule has 1 aromatic carbocycles. The Kier molecular flexibility index (Phi) is 2.76. The quantitative estimate of drug-likeness (QED) is 0.778. The van der Waals surface area contributed by atoms with Gasteiger partial charge in [-0.25, -0.2) is 0 Å². The number of benzene rings is 1. The van der Waals surface area contributed by atoms with E-state index in [2.05, 4.69) is 13.8 Å². The van der Waals surface area contributed by atoms with Crippen molar-refractivity contribution >= 4 is 5.78 Å². The summed E-state index contributed by atoms with van der Waals surface area (Å²) in [6.07, 6.45) is 6.34. The highest BCUT2D eigenvalue weighted by Gasteiger charge is 2.54. The Balaban J connectivity index is 1.77. The lowest BCUT2D eigenvalue weighted by molar-refractivity contribution is -0.129. The topological polar surface area (TPSA) is 37.3 Å². The van der Waals surface area contributed by atoms with Crippen LogP contribution >= 0.6 is 0 Å². The lowest BCUT2D eigenvalue weighted by Gasteiger charge is -2.48. The fourth-order valence-corrected chi connectivity index (χ4v) is 5.73. The molecule has 2 nitrogen and oxygen atoms in total. The van der Waals surface area contributed by atoms with Gasteiger partial charge in [-0.1, -0.05) is 6.92 Å². The van der Waals surface area contributed by atoms with Crippen molar-refractivity contribution in [1.82, 2.24) is 0 Å². The number of ketones is 1. The Bertz CT molecular complexity index is 618. The number of Topliss-reactive ketones (excluding diaryl/α,β-unsaturated/α-hetero) is 1. The van der Waals surface area contributed by atoms with Crippen LogP contribution in [-0.4, -0.2) is 10.9 Å². The molecule has 3 aliphatic carbocycles. The molecule has 0 radical (unpaired) electrons. The molecule has 2 fully saturated rings. The standard InChI is InChI=1S/C19H24O2/c1-11-9-13(20)10-12-3-4-14-15(18(11)12)7-8-19(2)16(14)5-6-17(19)21/h9-10,14-16,20H,3-8H2,1-2H3. The van der Waals surface area contributed by atoms with Crippen molar-refractivity contribution in [1.29, 1.82) is 0 Å². The van der Waals surface area contributed by atoms with Crippen LogP contribution in [0.5, 0.6) is 5.75 Å². The van der Waals surface area contributed by atoms with Crippen LogP contribution in [-0.2, 0) is 11.2 Å². The number of phenolic OH excluding ortho intramolecular Hbond substituents is 1. The third-order valence-corrected chi connectivity index (χ3v) is 6.72.